The van der Waals surface area contributed by atoms with Crippen LogP contribution in [0.5, 0.6) is 0 Å². The number of amides is 1. The van der Waals surface area contributed by atoms with Crippen LogP contribution in [-0.4, -0.2) is 66.5 Å². The molecule has 1 amide bonds. The number of anilines is 1. The van der Waals surface area contributed by atoms with Crippen LogP contribution in [-0.2, 0) is 11.2 Å². The highest BCUT2D eigenvalue weighted by Crippen LogP contribution is 2.15. The predicted molar refractivity (Wildman–Crippen MR) is 104 cm³/mol. The fraction of sp³-hybridized carbons (Fsp3) is 0.700. The van der Waals surface area contributed by atoms with Crippen molar-refractivity contribution >= 4 is 11.7 Å². The number of carbonyl (C=O) groups is 1. The fourth-order valence-electron chi connectivity index (χ4n) is 3.44. The molecular weight excluding hydrogens is 312 g/mol. The Balaban J connectivity index is 1.81. The van der Waals surface area contributed by atoms with Crippen LogP contribution in [0.3, 0.4) is 0 Å². The molecule has 0 aromatic carbocycles. The van der Waals surface area contributed by atoms with Crippen molar-refractivity contribution in [1.82, 2.24) is 14.8 Å². The monoisotopic (exact) mass is 346 g/mol. The van der Waals surface area contributed by atoms with E-state index in [1.807, 2.05) is 17.2 Å². The third-order valence-corrected chi connectivity index (χ3v) is 4.87. The van der Waals surface area contributed by atoms with Gasteiger partial charge < -0.3 is 9.80 Å². The first-order valence-corrected chi connectivity index (χ1v) is 9.73. The van der Waals surface area contributed by atoms with Gasteiger partial charge in [-0.3, -0.25) is 9.69 Å². The molecule has 0 saturated carbocycles. The molecule has 1 aromatic heterocycles. The summed E-state index contributed by atoms with van der Waals surface area (Å²) in [5.41, 5.74) is 1.20. The number of pyridine rings is 1. The van der Waals surface area contributed by atoms with Crippen molar-refractivity contribution in [2.75, 3.05) is 50.7 Å². The second kappa shape index (κ2) is 9.76. The zero-order valence-corrected chi connectivity index (χ0v) is 16.4. The van der Waals surface area contributed by atoms with Gasteiger partial charge in [-0.15, -0.1) is 0 Å². The topological polar surface area (TPSA) is 39.7 Å². The summed E-state index contributed by atoms with van der Waals surface area (Å²) in [7, 11) is 0. The molecule has 140 valence electrons. The van der Waals surface area contributed by atoms with Crippen molar-refractivity contribution < 1.29 is 4.79 Å². The minimum atomic E-state index is 0.283. The standard InChI is InChI=1S/C20H34N4O/c1-5-23(6-2)19-15-18(9-10-21-19)7-8-20(25)24-13-11-22(12-14-24)16-17(3)4/h9-10,15,17H,5-8,11-14,16H2,1-4H3. The summed E-state index contributed by atoms with van der Waals surface area (Å²) in [6.45, 7) is 15.6. The molecular formula is C20H34N4O. The van der Waals surface area contributed by atoms with Gasteiger partial charge in [0.2, 0.25) is 5.91 Å². The molecule has 1 saturated heterocycles. The molecule has 5 heteroatoms. The summed E-state index contributed by atoms with van der Waals surface area (Å²) >= 11 is 0. The minimum absolute atomic E-state index is 0.283. The maximum atomic E-state index is 12.5. The second-order valence-corrected chi connectivity index (χ2v) is 7.27. The van der Waals surface area contributed by atoms with E-state index in [2.05, 4.69) is 48.5 Å². The van der Waals surface area contributed by atoms with Gasteiger partial charge in [-0.25, -0.2) is 4.98 Å². The molecule has 25 heavy (non-hydrogen) atoms. The minimum Gasteiger partial charge on any atom is -0.357 e. The highest BCUT2D eigenvalue weighted by molar-refractivity contribution is 5.76. The van der Waals surface area contributed by atoms with Crippen LogP contribution in [0.15, 0.2) is 18.3 Å². The lowest BCUT2D eigenvalue weighted by atomic mass is 10.1. The molecule has 5 nitrogen and oxygen atoms in total. The van der Waals surface area contributed by atoms with Crippen LogP contribution < -0.4 is 4.90 Å². The van der Waals surface area contributed by atoms with Crippen LogP contribution in [0, 0.1) is 5.92 Å². The molecule has 0 unspecified atom stereocenters. The van der Waals surface area contributed by atoms with E-state index in [1.165, 1.54) is 5.56 Å². The number of hydrogen-bond donors (Lipinski definition) is 0. The van der Waals surface area contributed by atoms with E-state index < -0.39 is 0 Å². The Labute approximate surface area is 153 Å². The van der Waals surface area contributed by atoms with Crippen molar-refractivity contribution in [3.63, 3.8) is 0 Å². The molecule has 1 fully saturated rings. The average Bonchev–Trinajstić information content (AvgIpc) is 2.61. The summed E-state index contributed by atoms with van der Waals surface area (Å²) in [5, 5.41) is 0. The predicted octanol–water partition coefficient (Wildman–Crippen LogP) is 2.66. The van der Waals surface area contributed by atoms with Crippen LogP contribution in [0.2, 0.25) is 0 Å². The van der Waals surface area contributed by atoms with Crippen molar-refractivity contribution in [3.05, 3.63) is 23.9 Å². The van der Waals surface area contributed by atoms with Gasteiger partial charge in [0.1, 0.15) is 5.82 Å². The normalized spacial score (nSPS) is 15.6. The number of hydrogen-bond acceptors (Lipinski definition) is 4. The Hall–Kier alpha value is -1.62. The van der Waals surface area contributed by atoms with Crippen LogP contribution in [0.4, 0.5) is 5.82 Å². The highest BCUT2D eigenvalue weighted by atomic mass is 16.2. The quantitative estimate of drug-likeness (QED) is 0.725. The van der Waals surface area contributed by atoms with Crippen LogP contribution in [0.25, 0.3) is 0 Å². The Kier molecular flexibility index (Phi) is 7.69. The summed E-state index contributed by atoms with van der Waals surface area (Å²) < 4.78 is 0. The molecule has 2 heterocycles. The molecule has 0 N–H and O–H groups in total. The molecule has 1 aliphatic heterocycles. The number of rotatable bonds is 8. The first-order valence-electron chi connectivity index (χ1n) is 9.73. The maximum Gasteiger partial charge on any atom is 0.222 e. The van der Waals surface area contributed by atoms with Gasteiger partial charge in [-0.1, -0.05) is 13.8 Å². The maximum absolute atomic E-state index is 12.5. The molecule has 0 spiro atoms. The summed E-state index contributed by atoms with van der Waals surface area (Å²) in [6, 6.07) is 4.15. The van der Waals surface area contributed by atoms with Gasteiger partial charge >= 0.3 is 0 Å². The van der Waals surface area contributed by atoms with Gasteiger partial charge in [0.15, 0.2) is 0 Å². The largest absolute Gasteiger partial charge is 0.357 e. The third-order valence-electron chi connectivity index (χ3n) is 4.87. The van der Waals surface area contributed by atoms with Crippen molar-refractivity contribution in [1.29, 1.82) is 0 Å². The molecule has 0 bridgehead atoms. The number of aromatic nitrogens is 1. The summed E-state index contributed by atoms with van der Waals surface area (Å²) in [4.78, 5) is 23.7. The molecule has 0 radical (unpaired) electrons. The molecule has 0 atom stereocenters. The lowest BCUT2D eigenvalue weighted by Gasteiger charge is -2.35. The average molecular weight is 347 g/mol. The second-order valence-electron chi connectivity index (χ2n) is 7.27. The van der Waals surface area contributed by atoms with E-state index in [0.717, 1.165) is 58.1 Å². The number of carbonyl (C=O) groups excluding carboxylic acids is 1. The Morgan fingerprint density at radius 3 is 2.48 bits per heavy atom. The van der Waals surface area contributed by atoms with E-state index in [0.29, 0.717) is 12.3 Å². The SMILES string of the molecule is CCN(CC)c1cc(CCC(=O)N2CCN(CC(C)C)CC2)ccn1. The van der Waals surface area contributed by atoms with E-state index in [9.17, 15) is 4.79 Å². The molecule has 1 aromatic rings. The Bertz CT molecular complexity index is 534. The van der Waals surface area contributed by atoms with Gasteiger partial charge in [0.25, 0.3) is 0 Å². The zero-order valence-electron chi connectivity index (χ0n) is 16.4. The lowest BCUT2D eigenvalue weighted by Crippen LogP contribution is -2.49. The van der Waals surface area contributed by atoms with Crippen LogP contribution >= 0.6 is 0 Å². The van der Waals surface area contributed by atoms with Crippen molar-refractivity contribution in [2.24, 2.45) is 5.92 Å². The highest BCUT2D eigenvalue weighted by Gasteiger charge is 2.21. The zero-order chi connectivity index (χ0) is 18.2. The van der Waals surface area contributed by atoms with Gasteiger partial charge in [0, 0.05) is 58.4 Å². The number of nitrogens with zero attached hydrogens (tertiary/aromatic N) is 4. The van der Waals surface area contributed by atoms with Crippen molar-refractivity contribution in [2.45, 2.75) is 40.5 Å². The third kappa shape index (κ3) is 5.99. The van der Waals surface area contributed by atoms with Gasteiger partial charge in [-0.05, 0) is 43.9 Å². The van der Waals surface area contributed by atoms with Crippen molar-refractivity contribution in [3.8, 4) is 0 Å². The van der Waals surface area contributed by atoms with E-state index in [4.69, 9.17) is 0 Å². The molecule has 2 rings (SSSR count). The van der Waals surface area contributed by atoms with Crippen LogP contribution in [0.1, 0.15) is 39.7 Å². The molecule has 1 aliphatic rings. The summed E-state index contributed by atoms with van der Waals surface area (Å²) in [5.74, 6) is 1.98. The number of aryl methyl sites for hydroxylation is 1. The first-order chi connectivity index (χ1) is 12.0. The van der Waals surface area contributed by atoms with E-state index >= 15 is 0 Å². The number of piperazine rings is 1. The van der Waals surface area contributed by atoms with Gasteiger partial charge in [0.05, 0.1) is 0 Å². The fourth-order valence-corrected chi connectivity index (χ4v) is 3.44. The summed E-state index contributed by atoms with van der Waals surface area (Å²) in [6.07, 6.45) is 3.24. The first kappa shape index (κ1) is 19.7. The van der Waals surface area contributed by atoms with E-state index in [-0.39, 0.29) is 5.91 Å². The molecule has 0 aliphatic carbocycles. The van der Waals surface area contributed by atoms with Gasteiger partial charge in [-0.2, -0.15) is 0 Å². The van der Waals surface area contributed by atoms with E-state index in [1.54, 1.807) is 0 Å². The smallest absolute Gasteiger partial charge is 0.222 e. The Morgan fingerprint density at radius 2 is 1.88 bits per heavy atom. The Morgan fingerprint density at radius 1 is 1.20 bits per heavy atom. The lowest BCUT2D eigenvalue weighted by molar-refractivity contribution is -0.132.